The van der Waals surface area contributed by atoms with Gasteiger partial charge in [-0.05, 0) is 38.1 Å². The number of anilines is 1. The van der Waals surface area contributed by atoms with Crippen LogP contribution in [0.4, 0.5) is 5.69 Å². The van der Waals surface area contributed by atoms with Crippen molar-refractivity contribution < 1.29 is 7.59 Å². The number of nitrogen functional groups attached to an aromatic ring is 1. The van der Waals surface area contributed by atoms with Crippen LogP contribution < -0.4 is 11.5 Å². The molecule has 1 fully saturated rings. The van der Waals surface area contributed by atoms with E-state index in [0.717, 1.165) is 50.0 Å². The van der Waals surface area contributed by atoms with Crippen molar-refractivity contribution in [3.05, 3.63) is 36.5 Å². The summed E-state index contributed by atoms with van der Waals surface area (Å²) < 4.78 is 5.00. The number of ether oxygens (including phenoxy) is 1. The van der Waals surface area contributed by atoms with Gasteiger partial charge in [-0.2, -0.15) is 0 Å². The molecule has 0 unspecified atom stereocenters. The van der Waals surface area contributed by atoms with E-state index in [1.807, 2.05) is 30.3 Å². The largest absolute Gasteiger partial charge is 0.397 e. The molecular formula is C17H30N4O. The van der Waals surface area contributed by atoms with Gasteiger partial charge in [-0.25, -0.2) is 0 Å². The molecule has 0 spiro atoms. The number of methoxy groups -OCH3 is 1. The van der Waals surface area contributed by atoms with Crippen LogP contribution in [0.2, 0.25) is 0 Å². The number of nitrogens with two attached hydrogens (primary N) is 2. The third kappa shape index (κ3) is 5.26. The SMILES string of the molecule is COCCN1CCC(N)CC1.Nc1cnc2ccccc2c1.[HH].[HH]. The van der Waals surface area contributed by atoms with Crippen molar-refractivity contribution in [1.82, 2.24) is 9.88 Å². The molecule has 4 N–H and O–H groups in total. The molecule has 22 heavy (non-hydrogen) atoms. The topological polar surface area (TPSA) is 77.4 Å². The van der Waals surface area contributed by atoms with Gasteiger partial charge in [-0.1, -0.05) is 18.2 Å². The zero-order chi connectivity index (χ0) is 15.8. The molecule has 3 rings (SSSR count). The van der Waals surface area contributed by atoms with Gasteiger partial charge in [0.05, 0.1) is 24.0 Å². The van der Waals surface area contributed by atoms with Crippen molar-refractivity contribution in [1.29, 1.82) is 0 Å². The second-order valence-electron chi connectivity index (χ2n) is 5.63. The minimum absolute atomic E-state index is 0. The molecule has 0 aliphatic carbocycles. The lowest BCUT2D eigenvalue weighted by molar-refractivity contribution is 0.130. The molecule has 0 radical (unpaired) electrons. The summed E-state index contributed by atoms with van der Waals surface area (Å²) in [7, 11) is 1.75. The Labute approximate surface area is 135 Å². The predicted molar refractivity (Wildman–Crippen MR) is 95.9 cm³/mol. The van der Waals surface area contributed by atoms with E-state index in [1.54, 1.807) is 13.3 Å². The summed E-state index contributed by atoms with van der Waals surface area (Å²) in [6, 6.07) is 10.3. The van der Waals surface area contributed by atoms with Crippen molar-refractivity contribution >= 4 is 16.6 Å². The van der Waals surface area contributed by atoms with Gasteiger partial charge in [0.15, 0.2) is 0 Å². The Morgan fingerprint density at radius 1 is 1.32 bits per heavy atom. The Hall–Kier alpha value is -1.69. The third-order valence-electron chi connectivity index (χ3n) is 3.86. The van der Waals surface area contributed by atoms with Crippen molar-refractivity contribution in [2.45, 2.75) is 18.9 Å². The quantitative estimate of drug-likeness (QED) is 0.910. The number of pyridine rings is 1. The highest BCUT2D eigenvalue weighted by Gasteiger charge is 2.14. The lowest BCUT2D eigenvalue weighted by atomic mass is 10.1. The molecule has 1 aliphatic heterocycles. The summed E-state index contributed by atoms with van der Waals surface area (Å²) in [4.78, 5) is 6.57. The average molecular weight is 306 g/mol. The molecule has 1 aliphatic rings. The minimum Gasteiger partial charge on any atom is -0.397 e. The number of aromatic nitrogens is 1. The Bertz CT molecular complexity index is 575. The van der Waals surface area contributed by atoms with Crippen LogP contribution in [0.1, 0.15) is 15.7 Å². The minimum atomic E-state index is 0. The Kier molecular flexibility index (Phi) is 6.58. The fourth-order valence-electron chi connectivity index (χ4n) is 2.48. The van der Waals surface area contributed by atoms with Gasteiger partial charge in [0.2, 0.25) is 0 Å². The zero-order valence-electron chi connectivity index (χ0n) is 13.2. The van der Waals surface area contributed by atoms with Crippen LogP contribution in [-0.2, 0) is 4.74 Å². The van der Waals surface area contributed by atoms with Crippen LogP contribution in [0.15, 0.2) is 36.5 Å². The summed E-state index contributed by atoms with van der Waals surface area (Å²) in [6.45, 7) is 4.19. The Morgan fingerprint density at radius 2 is 2.05 bits per heavy atom. The van der Waals surface area contributed by atoms with Crippen LogP contribution in [0.3, 0.4) is 0 Å². The molecule has 2 aromatic rings. The lowest BCUT2D eigenvalue weighted by Crippen LogP contribution is -2.40. The highest BCUT2D eigenvalue weighted by Crippen LogP contribution is 2.12. The number of likely N-dealkylation sites (tertiary alicyclic amines) is 1. The first-order valence-corrected chi connectivity index (χ1v) is 7.76. The molecule has 1 aromatic carbocycles. The number of rotatable bonds is 3. The van der Waals surface area contributed by atoms with Gasteiger partial charge in [0, 0.05) is 27.9 Å². The first-order valence-electron chi connectivity index (χ1n) is 7.76. The molecule has 0 bridgehead atoms. The smallest absolute Gasteiger partial charge is 0.0703 e. The van der Waals surface area contributed by atoms with E-state index in [4.69, 9.17) is 16.2 Å². The summed E-state index contributed by atoms with van der Waals surface area (Å²) in [5, 5.41) is 1.09. The maximum absolute atomic E-state index is 5.77. The normalized spacial score (nSPS) is 16.3. The van der Waals surface area contributed by atoms with E-state index in [-0.39, 0.29) is 2.85 Å². The molecule has 1 aromatic heterocycles. The van der Waals surface area contributed by atoms with E-state index in [1.165, 1.54) is 0 Å². The number of nitrogens with zero attached hydrogens (tertiary/aromatic N) is 2. The number of para-hydroxylation sites is 1. The van der Waals surface area contributed by atoms with Crippen LogP contribution in [0.25, 0.3) is 10.9 Å². The highest BCUT2D eigenvalue weighted by atomic mass is 16.5. The molecule has 5 heteroatoms. The summed E-state index contributed by atoms with van der Waals surface area (Å²) in [6.07, 6.45) is 3.95. The predicted octanol–water partition coefficient (Wildman–Crippen LogP) is 2.36. The van der Waals surface area contributed by atoms with Gasteiger partial charge in [-0.3, -0.25) is 4.98 Å². The second-order valence-corrected chi connectivity index (χ2v) is 5.63. The summed E-state index contributed by atoms with van der Waals surface area (Å²) in [5.74, 6) is 0. The van der Waals surface area contributed by atoms with E-state index in [9.17, 15) is 0 Å². The molecule has 5 nitrogen and oxygen atoms in total. The lowest BCUT2D eigenvalue weighted by Gasteiger charge is -2.29. The standard InChI is InChI=1S/C9H8N2.C8H18N2O.2H2/c10-8-5-7-3-1-2-4-9(7)11-6-8;1-11-7-6-10-4-2-8(9)3-5-10;;/h1-6H,10H2;8H,2-7,9H2,1H3;2*1H. The molecule has 124 valence electrons. The highest BCUT2D eigenvalue weighted by molar-refractivity contribution is 5.80. The molecule has 1 saturated heterocycles. The molecule has 0 atom stereocenters. The summed E-state index contributed by atoms with van der Waals surface area (Å²) >= 11 is 0. The number of piperidine rings is 1. The number of hydrogen-bond donors (Lipinski definition) is 2. The van der Waals surface area contributed by atoms with Crippen LogP contribution >= 0.6 is 0 Å². The van der Waals surface area contributed by atoms with Crippen molar-refractivity contribution in [3.8, 4) is 0 Å². The van der Waals surface area contributed by atoms with Crippen LogP contribution in [0, 0.1) is 0 Å². The van der Waals surface area contributed by atoms with E-state index in [2.05, 4.69) is 9.88 Å². The van der Waals surface area contributed by atoms with Gasteiger partial charge < -0.3 is 21.1 Å². The van der Waals surface area contributed by atoms with Crippen molar-refractivity contribution in [3.63, 3.8) is 0 Å². The second kappa shape index (κ2) is 8.68. The average Bonchev–Trinajstić information content (AvgIpc) is 2.55. The van der Waals surface area contributed by atoms with Crippen LogP contribution in [-0.4, -0.2) is 49.3 Å². The number of benzene rings is 1. The molecular weight excluding hydrogens is 276 g/mol. The van der Waals surface area contributed by atoms with Gasteiger partial charge in [0.1, 0.15) is 0 Å². The first-order chi connectivity index (χ1) is 10.7. The Balaban J connectivity index is 0.000000407. The number of hydrogen-bond acceptors (Lipinski definition) is 5. The maximum atomic E-state index is 5.77. The zero-order valence-corrected chi connectivity index (χ0v) is 13.2. The van der Waals surface area contributed by atoms with Gasteiger partial charge in [0.25, 0.3) is 0 Å². The van der Waals surface area contributed by atoms with Crippen LogP contribution in [0.5, 0.6) is 0 Å². The van der Waals surface area contributed by atoms with Crippen molar-refractivity contribution in [2.75, 3.05) is 39.1 Å². The van der Waals surface area contributed by atoms with Gasteiger partial charge >= 0.3 is 0 Å². The third-order valence-corrected chi connectivity index (χ3v) is 3.86. The van der Waals surface area contributed by atoms with Crippen molar-refractivity contribution in [2.24, 2.45) is 5.73 Å². The van der Waals surface area contributed by atoms with E-state index < -0.39 is 0 Å². The fourth-order valence-corrected chi connectivity index (χ4v) is 2.48. The molecule has 2 heterocycles. The van der Waals surface area contributed by atoms with E-state index >= 15 is 0 Å². The van der Waals surface area contributed by atoms with Gasteiger partial charge in [-0.15, -0.1) is 0 Å². The fraction of sp³-hybridized carbons (Fsp3) is 0.471. The Morgan fingerprint density at radius 3 is 2.77 bits per heavy atom. The monoisotopic (exact) mass is 306 g/mol. The molecule has 0 saturated carbocycles. The molecule has 0 amide bonds. The maximum Gasteiger partial charge on any atom is 0.0703 e. The number of fused-ring (bicyclic) bond motifs is 1. The summed E-state index contributed by atoms with van der Waals surface area (Å²) in [5.41, 5.74) is 13.0. The van der Waals surface area contributed by atoms with E-state index in [0.29, 0.717) is 11.7 Å². The first kappa shape index (κ1) is 16.7.